The van der Waals surface area contributed by atoms with E-state index >= 15 is 0 Å². The van der Waals surface area contributed by atoms with E-state index in [1.807, 2.05) is 12.3 Å². The molecular formula is C12H15IN2O2S. The van der Waals surface area contributed by atoms with Crippen LogP contribution in [0.1, 0.15) is 39.1 Å². The molecule has 2 amide bonds. The van der Waals surface area contributed by atoms with E-state index in [4.69, 9.17) is 11.5 Å². The highest BCUT2D eigenvalue weighted by atomic mass is 127. The van der Waals surface area contributed by atoms with Crippen LogP contribution in [0, 0.1) is 3.57 Å². The van der Waals surface area contributed by atoms with E-state index in [0.717, 1.165) is 14.9 Å². The van der Waals surface area contributed by atoms with Gasteiger partial charge in [0.25, 0.3) is 5.91 Å². The van der Waals surface area contributed by atoms with Crippen LogP contribution >= 0.6 is 34.4 Å². The first-order valence-electron chi connectivity index (χ1n) is 5.31. The van der Waals surface area contributed by atoms with Crippen molar-refractivity contribution in [3.05, 3.63) is 32.4 Å². The van der Waals surface area contributed by atoms with Crippen molar-refractivity contribution in [1.29, 1.82) is 0 Å². The summed E-state index contributed by atoms with van der Waals surface area (Å²) < 4.78 is 0.720. The van der Waals surface area contributed by atoms with Gasteiger partial charge in [-0.15, -0.1) is 0 Å². The third-order valence-electron chi connectivity index (χ3n) is 2.63. The first-order valence-corrected chi connectivity index (χ1v) is 7.78. The summed E-state index contributed by atoms with van der Waals surface area (Å²) in [6.07, 6.45) is 2.02. The molecule has 0 aliphatic carbocycles. The minimum Gasteiger partial charge on any atom is -0.366 e. The van der Waals surface area contributed by atoms with E-state index in [1.165, 1.54) is 0 Å². The Bertz CT molecular complexity index is 491. The Morgan fingerprint density at radius 3 is 2.39 bits per heavy atom. The average molecular weight is 378 g/mol. The highest BCUT2D eigenvalue weighted by molar-refractivity contribution is 14.1. The number of hydrogen-bond donors (Lipinski definition) is 2. The monoisotopic (exact) mass is 378 g/mol. The van der Waals surface area contributed by atoms with Crippen LogP contribution in [0.25, 0.3) is 0 Å². The molecule has 0 saturated carbocycles. The molecule has 4 nitrogen and oxygen atoms in total. The number of hydrogen-bond acceptors (Lipinski definition) is 3. The fraction of sp³-hybridized carbons (Fsp3) is 0.333. The van der Waals surface area contributed by atoms with Gasteiger partial charge in [0.05, 0.1) is 11.1 Å². The van der Waals surface area contributed by atoms with Crippen LogP contribution in [0.15, 0.2) is 12.1 Å². The molecule has 6 heteroatoms. The number of nitrogens with two attached hydrogens (primary N) is 2. The summed E-state index contributed by atoms with van der Waals surface area (Å²) in [6, 6.07) is 3.42. The van der Waals surface area contributed by atoms with Gasteiger partial charge < -0.3 is 11.5 Å². The number of halogens is 1. The lowest BCUT2D eigenvalue weighted by Gasteiger charge is -2.16. The van der Waals surface area contributed by atoms with Crippen molar-refractivity contribution < 1.29 is 9.59 Å². The minimum absolute atomic E-state index is 0.187. The van der Waals surface area contributed by atoms with Crippen LogP contribution < -0.4 is 11.5 Å². The molecule has 1 atom stereocenters. The lowest BCUT2D eigenvalue weighted by molar-refractivity contribution is 0.0966. The summed E-state index contributed by atoms with van der Waals surface area (Å²) >= 11 is 3.78. The number of carbonyl (C=O) groups is 2. The minimum atomic E-state index is -0.634. The van der Waals surface area contributed by atoms with E-state index in [-0.39, 0.29) is 17.0 Å². The third-order valence-corrected chi connectivity index (χ3v) is 4.63. The van der Waals surface area contributed by atoms with Crippen LogP contribution in [-0.2, 0) is 0 Å². The number of thioether (sulfide) groups is 1. The molecule has 1 rings (SSSR count). The van der Waals surface area contributed by atoms with Gasteiger partial charge in [0.2, 0.25) is 5.91 Å². The van der Waals surface area contributed by atoms with Gasteiger partial charge in [-0.05, 0) is 52.1 Å². The summed E-state index contributed by atoms with van der Waals surface area (Å²) in [5.41, 5.74) is 12.0. The zero-order valence-electron chi connectivity index (χ0n) is 10.2. The van der Waals surface area contributed by atoms with Gasteiger partial charge in [0, 0.05) is 3.57 Å². The smallest absolute Gasteiger partial charge is 0.250 e. The Kier molecular flexibility index (Phi) is 5.46. The van der Waals surface area contributed by atoms with Crippen molar-refractivity contribution in [2.45, 2.75) is 12.8 Å². The summed E-state index contributed by atoms with van der Waals surface area (Å²) in [7, 11) is 0. The fourth-order valence-corrected chi connectivity index (χ4v) is 3.71. The zero-order valence-corrected chi connectivity index (χ0v) is 13.2. The van der Waals surface area contributed by atoms with Gasteiger partial charge in [-0.2, -0.15) is 11.8 Å². The van der Waals surface area contributed by atoms with Crippen LogP contribution in [0.3, 0.4) is 0 Å². The van der Waals surface area contributed by atoms with Crippen LogP contribution in [0.2, 0.25) is 0 Å². The second-order valence-corrected chi connectivity index (χ2v) is 5.97. The molecule has 0 aromatic heterocycles. The average Bonchev–Trinajstić information content (AvgIpc) is 2.27. The maximum absolute atomic E-state index is 11.5. The number of benzene rings is 1. The van der Waals surface area contributed by atoms with Gasteiger partial charge >= 0.3 is 0 Å². The standard InChI is InChI=1S/C12H15IN2O2S/c1-6(5-18-2)7-3-4-8(11(14)16)9(10(7)13)12(15)17/h3-4,6H,5H2,1-2H3,(H2,14,16)(H2,15,17). The van der Waals surface area contributed by atoms with E-state index in [0.29, 0.717) is 0 Å². The van der Waals surface area contributed by atoms with Crippen molar-refractivity contribution in [2.24, 2.45) is 11.5 Å². The Balaban J connectivity index is 3.39. The largest absolute Gasteiger partial charge is 0.366 e. The van der Waals surface area contributed by atoms with Crippen LogP contribution in [0.5, 0.6) is 0 Å². The molecule has 0 radical (unpaired) electrons. The quantitative estimate of drug-likeness (QED) is 0.768. The number of carbonyl (C=O) groups excluding carboxylic acids is 2. The van der Waals surface area contributed by atoms with E-state index in [2.05, 4.69) is 29.5 Å². The van der Waals surface area contributed by atoms with E-state index in [9.17, 15) is 9.59 Å². The summed E-state index contributed by atoms with van der Waals surface area (Å²) in [5.74, 6) is -0.0338. The molecular weight excluding hydrogens is 363 g/mol. The highest BCUT2D eigenvalue weighted by Crippen LogP contribution is 2.28. The molecule has 0 bridgehead atoms. The molecule has 18 heavy (non-hydrogen) atoms. The molecule has 0 aliphatic heterocycles. The molecule has 0 spiro atoms. The number of amides is 2. The molecule has 4 N–H and O–H groups in total. The Hall–Kier alpha value is -0.760. The van der Waals surface area contributed by atoms with E-state index in [1.54, 1.807) is 17.8 Å². The van der Waals surface area contributed by atoms with Crippen molar-refractivity contribution >= 4 is 46.2 Å². The summed E-state index contributed by atoms with van der Waals surface area (Å²) in [5, 5.41) is 0. The summed E-state index contributed by atoms with van der Waals surface area (Å²) in [6.45, 7) is 2.07. The predicted molar refractivity (Wildman–Crippen MR) is 83.0 cm³/mol. The maximum Gasteiger partial charge on any atom is 0.250 e. The van der Waals surface area contributed by atoms with Crippen molar-refractivity contribution in [1.82, 2.24) is 0 Å². The zero-order chi connectivity index (χ0) is 13.9. The fourth-order valence-electron chi connectivity index (χ4n) is 1.76. The number of rotatable bonds is 5. The molecule has 1 aromatic rings. The van der Waals surface area contributed by atoms with E-state index < -0.39 is 11.8 Å². The third kappa shape index (κ3) is 3.17. The maximum atomic E-state index is 11.5. The first-order chi connectivity index (χ1) is 8.40. The second-order valence-electron chi connectivity index (χ2n) is 3.98. The number of primary amides is 2. The molecule has 1 aromatic carbocycles. The molecule has 0 fully saturated rings. The van der Waals surface area contributed by atoms with Crippen molar-refractivity contribution in [3.8, 4) is 0 Å². The van der Waals surface area contributed by atoms with Gasteiger partial charge in [-0.25, -0.2) is 0 Å². The molecule has 98 valence electrons. The molecule has 1 unspecified atom stereocenters. The van der Waals surface area contributed by atoms with Gasteiger partial charge in [0.1, 0.15) is 0 Å². The normalized spacial score (nSPS) is 12.2. The van der Waals surface area contributed by atoms with Gasteiger partial charge in [-0.3, -0.25) is 9.59 Å². The Labute approximate surface area is 124 Å². The van der Waals surface area contributed by atoms with Crippen molar-refractivity contribution in [3.63, 3.8) is 0 Å². The predicted octanol–water partition coefficient (Wildman–Crippen LogP) is 1.96. The van der Waals surface area contributed by atoms with Crippen molar-refractivity contribution in [2.75, 3.05) is 12.0 Å². The molecule has 0 saturated heterocycles. The van der Waals surface area contributed by atoms with Gasteiger partial charge in [-0.1, -0.05) is 13.0 Å². The van der Waals surface area contributed by atoms with Gasteiger partial charge in [0.15, 0.2) is 0 Å². The SMILES string of the molecule is CSCC(C)c1ccc(C(N)=O)c(C(N)=O)c1I. The Morgan fingerprint density at radius 2 is 1.94 bits per heavy atom. The molecule has 0 aliphatic rings. The lowest BCUT2D eigenvalue weighted by atomic mass is 9.96. The Morgan fingerprint density at radius 1 is 1.33 bits per heavy atom. The highest BCUT2D eigenvalue weighted by Gasteiger charge is 2.21. The summed E-state index contributed by atoms with van der Waals surface area (Å²) in [4.78, 5) is 22.8. The topological polar surface area (TPSA) is 86.2 Å². The van der Waals surface area contributed by atoms with Crippen LogP contribution in [-0.4, -0.2) is 23.8 Å². The van der Waals surface area contributed by atoms with Crippen LogP contribution in [0.4, 0.5) is 0 Å². The lowest BCUT2D eigenvalue weighted by Crippen LogP contribution is -2.23. The second kappa shape index (κ2) is 6.42. The molecule has 0 heterocycles. The first kappa shape index (κ1) is 15.3.